The van der Waals surface area contributed by atoms with Crippen molar-refractivity contribution in [1.82, 2.24) is 10.7 Å². The van der Waals surface area contributed by atoms with E-state index in [2.05, 4.69) is 23.0 Å². The van der Waals surface area contributed by atoms with Crippen molar-refractivity contribution in [3.63, 3.8) is 0 Å². The molecule has 146 valence electrons. The van der Waals surface area contributed by atoms with Gasteiger partial charge in [-0.3, -0.25) is 9.59 Å². The molecule has 2 aliphatic rings. The lowest BCUT2D eigenvalue weighted by atomic mass is 9.88. The molecule has 6 heteroatoms. The number of hydrazine groups is 1. The summed E-state index contributed by atoms with van der Waals surface area (Å²) in [6.45, 7) is 5.37. The van der Waals surface area contributed by atoms with Crippen molar-refractivity contribution in [3.8, 4) is 0 Å². The van der Waals surface area contributed by atoms with Crippen molar-refractivity contribution in [2.45, 2.75) is 32.7 Å². The van der Waals surface area contributed by atoms with Gasteiger partial charge in [0.25, 0.3) is 5.91 Å². The van der Waals surface area contributed by atoms with E-state index in [9.17, 15) is 9.59 Å². The molecule has 1 fully saturated rings. The molecule has 0 bridgehead atoms. The lowest BCUT2D eigenvalue weighted by molar-refractivity contribution is -0.120. The smallest absolute Gasteiger partial charge is 0.251 e. The number of nitrogens with zero attached hydrogens (tertiary/aromatic N) is 1. The number of benzene rings is 2. The predicted octanol–water partition coefficient (Wildman–Crippen LogP) is 3.16. The van der Waals surface area contributed by atoms with Gasteiger partial charge in [-0.2, -0.15) is 0 Å². The summed E-state index contributed by atoms with van der Waals surface area (Å²) in [7, 11) is 0. The number of rotatable bonds is 5. The Morgan fingerprint density at radius 2 is 2.00 bits per heavy atom. The first-order chi connectivity index (χ1) is 13.6. The Morgan fingerprint density at radius 1 is 1.21 bits per heavy atom. The van der Waals surface area contributed by atoms with E-state index in [0.717, 1.165) is 35.3 Å². The van der Waals surface area contributed by atoms with Crippen molar-refractivity contribution in [2.75, 3.05) is 23.4 Å². The van der Waals surface area contributed by atoms with Gasteiger partial charge in [0.05, 0.1) is 17.6 Å². The number of nitrogens with one attached hydrogen (secondary N) is 3. The lowest BCUT2D eigenvalue weighted by Gasteiger charge is -2.27. The summed E-state index contributed by atoms with van der Waals surface area (Å²) < 4.78 is 0. The summed E-state index contributed by atoms with van der Waals surface area (Å²) in [5.41, 5.74) is 7.91. The van der Waals surface area contributed by atoms with Crippen molar-refractivity contribution in [2.24, 2.45) is 5.92 Å². The maximum atomic E-state index is 13.0. The first-order valence-electron chi connectivity index (χ1n) is 9.91. The molecule has 2 aromatic carbocycles. The summed E-state index contributed by atoms with van der Waals surface area (Å²) in [5, 5.41) is 7.94. The second-order valence-corrected chi connectivity index (χ2v) is 7.51. The Bertz CT molecular complexity index is 894. The first kappa shape index (κ1) is 18.5. The van der Waals surface area contributed by atoms with E-state index < -0.39 is 0 Å². The molecule has 0 spiro atoms. The zero-order valence-corrected chi connectivity index (χ0v) is 16.3. The first-order valence-corrected chi connectivity index (χ1v) is 9.91. The predicted molar refractivity (Wildman–Crippen MR) is 110 cm³/mol. The fraction of sp³-hybridized carbons (Fsp3) is 0.364. The van der Waals surface area contributed by atoms with Gasteiger partial charge in [0.1, 0.15) is 0 Å². The molecule has 2 atom stereocenters. The number of carbonyl (C=O) groups is 2. The quantitative estimate of drug-likeness (QED) is 0.699. The Kier molecular flexibility index (Phi) is 5.05. The molecule has 0 radical (unpaired) electrons. The molecule has 0 saturated carbocycles. The minimum Gasteiger partial charge on any atom is -0.384 e. The van der Waals surface area contributed by atoms with E-state index in [1.54, 1.807) is 5.01 Å². The Labute approximate surface area is 165 Å². The average Bonchev–Trinajstić information content (AvgIpc) is 3.05. The summed E-state index contributed by atoms with van der Waals surface area (Å²) in [5.74, 6) is -0.227. The lowest BCUT2D eigenvalue weighted by Crippen LogP contribution is -2.35. The Hall–Kier alpha value is -2.86. The molecule has 4 rings (SSSR count). The number of unbranched alkanes of at least 4 members (excludes halogenated alkanes) is 1. The van der Waals surface area contributed by atoms with E-state index >= 15 is 0 Å². The van der Waals surface area contributed by atoms with E-state index in [1.807, 2.05) is 49.4 Å². The van der Waals surface area contributed by atoms with E-state index in [-0.39, 0.29) is 23.8 Å². The number of fused-ring (bicyclic) bond motifs is 3. The molecular weight excluding hydrogens is 352 g/mol. The van der Waals surface area contributed by atoms with Gasteiger partial charge in [0.15, 0.2) is 0 Å². The van der Waals surface area contributed by atoms with Gasteiger partial charge >= 0.3 is 0 Å². The summed E-state index contributed by atoms with van der Waals surface area (Å²) >= 11 is 0. The molecule has 1 saturated heterocycles. The average molecular weight is 378 g/mol. The zero-order valence-electron chi connectivity index (χ0n) is 16.3. The number of carbonyl (C=O) groups excluding carboxylic acids is 2. The molecule has 0 aliphatic carbocycles. The topological polar surface area (TPSA) is 73.5 Å². The highest BCUT2D eigenvalue weighted by Crippen LogP contribution is 2.39. The van der Waals surface area contributed by atoms with Crippen LogP contribution in [0.15, 0.2) is 42.5 Å². The number of aryl methyl sites for hydroxylation is 1. The van der Waals surface area contributed by atoms with Crippen LogP contribution in [-0.4, -0.2) is 24.9 Å². The van der Waals surface area contributed by atoms with Crippen LogP contribution in [0.4, 0.5) is 11.4 Å². The molecule has 2 aromatic rings. The van der Waals surface area contributed by atoms with E-state index in [4.69, 9.17) is 0 Å². The summed E-state index contributed by atoms with van der Waals surface area (Å²) in [4.78, 5) is 25.4. The maximum Gasteiger partial charge on any atom is 0.251 e. The highest BCUT2D eigenvalue weighted by Gasteiger charge is 2.44. The van der Waals surface area contributed by atoms with Crippen LogP contribution < -0.4 is 21.1 Å². The van der Waals surface area contributed by atoms with Gasteiger partial charge in [0.2, 0.25) is 5.91 Å². The Morgan fingerprint density at radius 3 is 2.75 bits per heavy atom. The minimum absolute atomic E-state index is 0.0461. The van der Waals surface area contributed by atoms with Crippen molar-refractivity contribution in [3.05, 3.63) is 59.2 Å². The van der Waals surface area contributed by atoms with Crippen LogP contribution in [0.3, 0.4) is 0 Å². The highest BCUT2D eigenvalue weighted by atomic mass is 16.2. The Balaban J connectivity index is 1.59. The number of amides is 2. The molecule has 2 aliphatic heterocycles. The van der Waals surface area contributed by atoms with Crippen LogP contribution in [-0.2, 0) is 4.79 Å². The summed E-state index contributed by atoms with van der Waals surface area (Å²) in [6, 6.07) is 13.4. The largest absolute Gasteiger partial charge is 0.384 e. The van der Waals surface area contributed by atoms with Crippen molar-refractivity contribution < 1.29 is 9.59 Å². The van der Waals surface area contributed by atoms with E-state index in [0.29, 0.717) is 18.7 Å². The molecular formula is C22H26N4O2. The minimum atomic E-state index is -0.202. The van der Waals surface area contributed by atoms with Gasteiger partial charge in [-0.15, -0.1) is 0 Å². The number of hydrogen-bond acceptors (Lipinski definition) is 4. The second-order valence-electron chi connectivity index (χ2n) is 7.51. The molecule has 2 heterocycles. The molecule has 28 heavy (non-hydrogen) atoms. The van der Waals surface area contributed by atoms with Crippen LogP contribution >= 0.6 is 0 Å². The number of hydrogen-bond donors (Lipinski definition) is 3. The SMILES string of the molecule is CCCCNC(=O)c1ccc2c(c1)C1NN(c3ccc(C)cc3)C(=O)C1CN2. The van der Waals surface area contributed by atoms with Gasteiger partial charge in [-0.05, 0) is 49.2 Å². The van der Waals surface area contributed by atoms with Gasteiger partial charge in [-0.25, -0.2) is 10.4 Å². The van der Waals surface area contributed by atoms with Gasteiger partial charge < -0.3 is 10.6 Å². The molecule has 6 nitrogen and oxygen atoms in total. The maximum absolute atomic E-state index is 13.0. The third kappa shape index (κ3) is 3.36. The van der Waals surface area contributed by atoms with Crippen LogP contribution in [0.1, 0.15) is 47.3 Å². The normalized spacial score (nSPS) is 20.4. The second kappa shape index (κ2) is 7.64. The molecule has 0 aromatic heterocycles. The fourth-order valence-electron chi connectivity index (χ4n) is 3.81. The molecule has 3 N–H and O–H groups in total. The van der Waals surface area contributed by atoms with Gasteiger partial charge in [-0.1, -0.05) is 31.0 Å². The monoisotopic (exact) mass is 378 g/mol. The van der Waals surface area contributed by atoms with Crippen LogP contribution in [0.25, 0.3) is 0 Å². The summed E-state index contributed by atoms with van der Waals surface area (Å²) in [6.07, 6.45) is 2.00. The third-order valence-electron chi connectivity index (χ3n) is 5.48. The highest BCUT2D eigenvalue weighted by molar-refractivity contribution is 5.99. The fourth-order valence-corrected chi connectivity index (χ4v) is 3.81. The molecule has 2 unspecified atom stereocenters. The zero-order chi connectivity index (χ0) is 19.7. The molecule has 2 amide bonds. The number of anilines is 2. The van der Waals surface area contributed by atoms with E-state index in [1.165, 1.54) is 0 Å². The van der Waals surface area contributed by atoms with Crippen LogP contribution in [0.2, 0.25) is 0 Å². The van der Waals surface area contributed by atoms with Crippen LogP contribution in [0.5, 0.6) is 0 Å². The van der Waals surface area contributed by atoms with Crippen molar-refractivity contribution in [1.29, 1.82) is 0 Å². The van der Waals surface area contributed by atoms with Crippen molar-refractivity contribution >= 4 is 23.2 Å². The third-order valence-corrected chi connectivity index (χ3v) is 5.48. The van der Waals surface area contributed by atoms with Gasteiger partial charge in [0, 0.05) is 24.3 Å². The van der Waals surface area contributed by atoms with Crippen LogP contribution in [0, 0.1) is 12.8 Å². The standard InChI is InChI=1S/C22H26N4O2/c1-3-4-11-23-21(27)15-7-10-19-17(12-15)20-18(13-24-19)22(28)26(25-20)16-8-5-14(2)6-9-16/h5-10,12,18,20,24-25H,3-4,11,13H2,1-2H3,(H,23,27).